The van der Waals surface area contributed by atoms with E-state index in [2.05, 4.69) is 0 Å². The summed E-state index contributed by atoms with van der Waals surface area (Å²) in [6.07, 6.45) is 0.231. The molecule has 4 N–H and O–H groups in total. The second-order valence-corrected chi connectivity index (χ2v) is 2.57. The van der Waals surface area contributed by atoms with Crippen molar-refractivity contribution in [2.75, 3.05) is 19.8 Å². The first-order valence-electron chi connectivity index (χ1n) is 4.10. The average molecular weight is 226 g/mol. The van der Waals surface area contributed by atoms with E-state index in [1.54, 1.807) is 13.8 Å². The fourth-order valence-corrected chi connectivity index (χ4v) is 0.560. The summed E-state index contributed by atoms with van der Waals surface area (Å²) in [6, 6.07) is 0. The minimum atomic E-state index is -1.35. The molecule has 0 atom stereocenters. The number of carbonyl (C=O) groups is 1. The number of hydrogen-bond acceptors (Lipinski definition) is 4. The average Bonchev–Trinajstić information content (AvgIpc) is 2.09. The van der Waals surface area contributed by atoms with E-state index in [1.165, 1.54) is 0 Å². The summed E-state index contributed by atoms with van der Waals surface area (Å²) in [4.78, 5) is 10.4. The number of aliphatic hydroxyl groups is 3. The largest absolute Gasteiger partial charge is 0.481 e. The van der Waals surface area contributed by atoms with Gasteiger partial charge in [-0.2, -0.15) is 0 Å². The fraction of sp³-hybridized carbons (Fsp3) is 0.900. The zero-order valence-corrected chi connectivity index (χ0v) is 8.03. The molecule has 96 valence electrons. The van der Waals surface area contributed by atoms with E-state index in [0.29, 0.717) is 0 Å². The van der Waals surface area contributed by atoms with E-state index >= 15 is 0 Å². The molecule has 0 fully saturated rings. The van der Waals surface area contributed by atoms with Gasteiger partial charge in [-0.1, -0.05) is 21.8 Å². The normalized spacial score (nSPS) is 8.87. The Kier molecular flexibility index (Phi) is 21.2. The van der Waals surface area contributed by atoms with E-state index in [4.69, 9.17) is 20.4 Å². The van der Waals surface area contributed by atoms with Gasteiger partial charge in [0.15, 0.2) is 0 Å². The van der Waals surface area contributed by atoms with Crippen molar-refractivity contribution in [2.24, 2.45) is 5.41 Å². The molecule has 0 aliphatic heterocycles. The van der Waals surface area contributed by atoms with Crippen LogP contribution in [0.15, 0.2) is 0 Å². The molecule has 15 heavy (non-hydrogen) atoms. The van der Waals surface area contributed by atoms with Crippen molar-refractivity contribution in [2.45, 2.75) is 35.1 Å². The van der Waals surface area contributed by atoms with E-state index in [0.717, 1.165) is 0 Å². The predicted molar refractivity (Wildman–Crippen MR) is 60.8 cm³/mol. The standard InChI is InChI=1S/C6H12O4.C2H6O.2CH4/c1-2-6(3-7,4-8)5(9)10;1-2-3;;/h7-8H,2-4H2,1H3,(H,9,10);3H,2H2,1H3;2*1H4. The van der Waals surface area contributed by atoms with Crippen LogP contribution >= 0.6 is 0 Å². The van der Waals surface area contributed by atoms with Crippen molar-refractivity contribution >= 4 is 5.97 Å². The summed E-state index contributed by atoms with van der Waals surface area (Å²) in [7, 11) is 0. The summed E-state index contributed by atoms with van der Waals surface area (Å²) in [6.45, 7) is 2.51. The van der Waals surface area contributed by atoms with Crippen molar-refractivity contribution in [1.82, 2.24) is 0 Å². The van der Waals surface area contributed by atoms with E-state index < -0.39 is 24.6 Å². The molecular formula is C10H26O5. The maximum Gasteiger partial charge on any atom is 0.314 e. The highest BCUT2D eigenvalue weighted by Crippen LogP contribution is 2.19. The van der Waals surface area contributed by atoms with Crippen LogP contribution in [0.4, 0.5) is 0 Å². The number of rotatable bonds is 4. The van der Waals surface area contributed by atoms with Crippen LogP contribution in [0.2, 0.25) is 0 Å². The minimum absolute atomic E-state index is 0. The molecule has 0 radical (unpaired) electrons. The van der Waals surface area contributed by atoms with E-state index in [9.17, 15) is 4.79 Å². The highest BCUT2D eigenvalue weighted by Gasteiger charge is 2.35. The molecule has 0 aromatic heterocycles. The van der Waals surface area contributed by atoms with Crippen LogP contribution in [-0.2, 0) is 4.79 Å². The monoisotopic (exact) mass is 226 g/mol. The summed E-state index contributed by atoms with van der Waals surface area (Å²) in [5.74, 6) is -1.15. The highest BCUT2D eigenvalue weighted by molar-refractivity contribution is 5.74. The lowest BCUT2D eigenvalue weighted by atomic mass is 9.87. The van der Waals surface area contributed by atoms with Gasteiger partial charge in [0.2, 0.25) is 0 Å². The van der Waals surface area contributed by atoms with Gasteiger partial charge in [-0.05, 0) is 13.3 Å². The quantitative estimate of drug-likeness (QED) is 0.566. The smallest absolute Gasteiger partial charge is 0.314 e. The third kappa shape index (κ3) is 8.35. The van der Waals surface area contributed by atoms with Crippen LogP contribution in [0.3, 0.4) is 0 Å². The van der Waals surface area contributed by atoms with Crippen molar-refractivity contribution < 1.29 is 25.2 Å². The molecule has 0 saturated carbocycles. The third-order valence-electron chi connectivity index (χ3n) is 1.74. The number of carboxylic acid groups (broad SMARTS) is 1. The fourth-order valence-electron chi connectivity index (χ4n) is 0.560. The molecule has 0 aromatic rings. The van der Waals surface area contributed by atoms with Crippen LogP contribution in [0.25, 0.3) is 0 Å². The molecular weight excluding hydrogens is 200 g/mol. The molecule has 0 bridgehead atoms. The maximum atomic E-state index is 10.4. The van der Waals surface area contributed by atoms with Crippen LogP contribution in [0.1, 0.15) is 35.1 Å². The lowest BCUT2D eigenvalue weighted by molar-refractivity contribution is -0.154. The Balaban J connectivity index is -0.000000108. The van der Waals surface area contributed by atoms with Gasteiger partial charge in [0.05, 0.1) is 13.2 Å². The van der Waals surface area contributed by atoms with Gasteiger partial charge in [0.1, 0.15) is 5.41 Å². The molecule has 0 aliphatic rings. The molecule has 0 aliphatic carbocycles. The Morgan fingerprint density at radius 1 is 1.07 bits per heavy atom. The molecule has 0 spiro atoms. The van der Waals surface area contributed by atoms with Crippen LogP contribution in [-0.4, -0.2) is 46.2 Å². The Bertz CT molecular complexity index is 124. The van der Waals surface area contributed by atoms with Crippen molar-refractivity contribution in [3.05, 3.63) is 0 Å². The Labute approximate surface area is 92.4 Å². The Hall–Kier alpha value is -0.650. The van der Waals surface area contributed by atoms with E-state index in [-0.39, 0.29) is 27.9 Å². The Morgan fingerprint density at radius 2 is 1.33 bits per heavy atom. The maximum absolute atomic E-state index is 10.4. The van der Waals surface area contributed by atoms with Crippen LogP contribution in [0, 0.1) is 5.41 Å². The molecule has 0 amide bonds. The highest BCUT2D eigenvalue weighted by atomic mass is 16.4. The van der Waals surface area contributed by atoms with Crippen molar-refractivity contribution in [3.8, 4) is 0 Å². The number of aliphatic carboxylic acids is 1. The zero-order valence-electron chi connectivity index (χ0n) is 8.03. The van der Waals surface area contributed by atoms with E-state index in [1.807, 2.05) is 0 Å². The lowest BCUT2D eigenvalue weighted by Gasteiger charge is -2.21. The second kappa shape index (κ2) is 13.4. The van der Waals surface area contributed by atoms with Crippen molar-refractivity contribution in [3.63, 3.8) is 0 Å². The second-order valence-electron chi connectivity index (χ2n) is 2.57. The first-order chi connectivity index (χ1) is 6.04. The molecule has 0 heterocycles. The van der Waals surface area contributed by atoms with Crippen LogP contribution < -0.4 is 0 Å². The van der Waals surface area contributed by atoms with Gasteiger partial charge in [0, 0.05) is 6.61 Å². The van der Waals surface area contributed by atoms with Gasteiger partial charge in [-0.25, -0.2) is 0 Å². The molecule has 0 rings (SSSR count). The predicted octanol–water partition coefficient (Wildman–Crippen LogP) is 0.723. The van der Waals surface area contributed by atoms with Gasteiger partial charge < -0.3 is 20.4 Å². The van der Waals surface area contributed by atoms with Gasteiger partial charge >= 0.3 is 5.97 Å². The summed E-state index contributed by atoms with van der Waals surface area (Å²) >= 11 is 0. The minimum Gasteiger partial charge on any atom is -0.481 e. The first-order valence-corrected chi connectivity index (χ1v) is 4.10. The Morgan fingerprint density at radius 3 is 1.33 bits per heavy atom. The summed E-state index contributed by atoms with van der Waals surface area (Å²) in [5, 5.41) is 33.3. The molecule has 0 saturated heterocycles. The lowest BCUT2D eigenvalue weighted by Crippen LogP contribution is -2.37. The number of carboxylic acids is 1. The SMILES string of the molecule is C.C.CCC(CO)(CO)C(=O)O.CCO. The third-order valence-corrected chi connectivity index (χ3v) is 1.74. The number of hydrogen-bond donors (Lipinski definition) is 4. The molecule has 5 nitrogen and oxygen atoms in total. The van der Waals surface area contributed by atoms with Gasteiger partial charge in [-0.3, -0.25) is 4.79 Å². The number of aliphatic hydroxyl groups excluding tert-OH is 3. The zero-order chi connectivity index (χ0) is 10.9. The summed E-state index contributed by atoms with van der Waals surface area (Å²) < 4.78 is 0. The topological polar surface area (TPSA) is 98.0 Å². The first kappa shape index (κ1) is 23.9. The molecule has 0 unspecified atom stereocenters. The van der Waals surface area contributed by atoms with Gasteiger partial charge in [0.25, 0.3) is 0 Å². The molecule has 5 heteroatoms. The van der Waals surface area contributed by atoms with Crippen LogP contribution in [0.5, 0.6) is 0 Å². The molecule has 0 aromatic carbocycles. The van der Waals surface area contributed by atoms with Gasteiger partial charge in [-0.15, -0.1) is 0 Å². The van der Waals surface area contributed by atoms with Crippen molar-refractivity contribution in [1.29, 1.82) is 0 Å². The summed E-state index contributed by atoms with van der Waals surface area (Å²) in [5.41, 5.74) is -1.35.